The number of methoxy groups -OCH3 is 1. The maximum Gasteiger partial charge on any atom is 0.306 e. The van der Waals surface area contributed by atoms with Crippen molar-refractivity contribution in [2.45, 2.75) is 57.0 Å². The van der Waals surface area contributed by atoms with Gasteiger partial charge in [-0.05, 0) is 27.3 Å². The summed E-state index contributed by atoms with van der Waals surface area (Å²) < 4.78 is 21.4. The van der Waals surface area contributed by atoms with E-state index in [1.165, 1.54) is 7.11 Å². The highest BCUT2D eigenvalue weighted by Gasteiger charge is 2.40. The number of rotatable bonds is 7. The Morgan fingerprint density at radius 2 is 1.83 bits per heavy atom. The van der Waals surface area contributed by atoms with Gasteiger partial charge in [0.2, 0.25) is 0 Å². The highest BCUT2D eigenvalue weighted by atomic mass is 32.3. The van der Waals surface area contributed by atoms with Gasteiger partial charge in [0.25, 0.3) is 0 Å². The maximum atomic E-state index is 13.3. The lowest BCUT2D eigenvalue weighted by Gasteiger charge is -2.43. The Labute approximate surface area is 148 Å². The highest BCUT2D eigenvalue weighted by molar-refractivity contribution is 8.01. The molecule has 0 saturated heterocycles. The van der Waals surface area contributed by atoms with E-state index in [2.05, 4.69) is 38.3 Å². The van der Waals surface area contributed by atoms with Crippen molar-refractivity contribution in [3.8, 4) is 0 Å². The molecule has 0 aromatic heterocycles. The van der Waals surface area contributed by atoms with Gasteiger partial charge in [-0.2, -0.15) is 0 Å². The fraction of sp³-hybridized carbons (Fsp3) is 0.588. The molecule has 1 atom stereocenters. The Kier molecular flexibility index (Phi) is 6.92. The van der Waals surface area contributed by atoms with Crippen molar-refractivity contribution in [3.05, 3.63) is 35.9 Å². The highest BCUT2D eigenvalue weighted by Crippen LogP contribution is 2.35. The van der Waals surface area contributed by atoms with Crippen molar-refractivity contribution in [3.63, 3.8) is 0 Å². The standard InChI is InChI=1S/C17H32N2O3SSi/c1-17(2,3)24(5,6)19-23(18,21)15(13-16(20)22-4)12-14-10-8-7-9-11-14/h7-11,15,23H,12-13H2,1-6H3,(H3,18,19,21). The van der Waals surface area contributed by atoms with E-state index < -0.39 is 29.8 Å². The molecule has 0 aliphatic rings. The molecule has 1 rings (SSSR count). The first-order valence-corrected chi connectivity index (χ1v) is 13.0. The number of carbonyl (C=O) groups excluding carboxylic acids is 1. The van der Waals surface area contributed by atoms with Gasteiger partial charge in [0.1, 0.15) is 8.24 Å². The number of nitrogens with two attached hydrogens (primary N) is 1. The molecule has 0 spiro atoms. The predicted octanol–water partition coefficient (Wildman–Crippen LogP) is 2.56. The number of thiol groups is 1. The summed E-state index contributed by atoms with van der Waals surface area (Å²) in [4.78, 5) is 11.8. The topological polar surface area (TPSA) is 81.4 Å². The molecule has 0 aliphatic heterocycles. The third kappa shape index (κ3) is 5.80. The summed E-state index contributed by atoms with van der Waals surface area (Å²) in [6.07, 6.45) is 0.520. The van der Waals surface area contributed by atoms with Gasteiger partial charge in [-0.3, -0.25) is 18.5 Å². The Morgan fingerprint density at radius 3 is 2.29 bits per heavy atom. The van der Waals surface area contributed by atoms with Crippen LogP contribution < -0.4 is 9.53 Å². The molecule has 0 radical (unpaired) electrons. The summed E-state index contributed by atoms with van der Waals surface area (Å²) in [5.41, 5.74) is 1.01. The second-order valence-electron chi connectivity index (χ2n) is 7.82. The van der Waals surface area contributed by atoms with Gasteiger partial charge in [0, 0.05) is 5.25 Å². The van der Waals surface area contributed by atoms with E-state index in [0.717, 1.165) is 5.56 Å². The van der Waals surface area contributed by atoms with Crippen LogP contribution in [0.4, 0.5) is 0 Å². The van der Waals surface area contributed by atoms with Crippen LogP contribution in [0.1, 0.15) is 32.8 Å². The van der Waals surface area contributed by atoms with Crippen LogP contribution in [0, 0.1) is 0 Å². The summed E-state index contributed by atoms with van der Waals surface area (Å²) in [5, 5.41) is 5.77. The number of ether oxygens (including phenoxy) is 1. The molecule has 5 nitrogen and oxygen atoms in total. The third-order valence-electron chi connectivity index (χ3n) is 4.82. The molecule has 0 aliphatic carbocycles. The zero-order valence-corrected chi connectivity index (χ0v) is 17.5. The van der Waals surface area contributed by atoms with E-state index in [1.807, 2.05) is 30.3 Å². The van der Waals surface area contributed by atoms with Gasteiger partial charge in [-0.1, -0.05) is 64.2 Å². The van der Waals surface area contributed by atoms with Crippen LogP contribution in [-0.2, 0) is 26.3 Å². The molecule has 24 heavy (non-hydrogen) atoms. The number of esters is 1. The Hall–Kier alpha value is -1.02. The summed E-state index contributed by atoms with van der Waals surface area (Å²) in [6.45, 7) is 10.6. The molecule has 7 heteroatoms. The second kappa shape index (κ2) is 7.90. The lowest BCUT2D eigenvalue weighted by atomic mass is 10.1. The lowest BCUT2D eigenvalue weighted by molar-refractivity contribution is -0.140. The largest absolute Gasteiger partial charge is 0.469 e. The Bertz CT molecular complexity index is 600. The SMILES string of the molecule is COC(=O)CC(Cc1ccccc1)[SH](N)(=O)N[Si](C)(C)C(C)(C)C. The molecule has 3 N–H and O–H groups in total. The minimum absolute atomic E-state index is 0.00933. The molecule has 1 aromatic rings. The average molecular weight is 373 g/mol. The fourth-order valence-corrected chi connectivity index (χ4v) is 8.67. The minimum Gasteiger partial charge on any atom is -0.469 e. The van der Waals surface area contributed by atoms with Crippen molar-refractivity contribution in [2.24, 2.45) is 5.14 Å². The Morgan fingerprint density at radius 1 is 1.29 bits per heavy atom. The predicted molar refractivity (Wildman–Crippen MR) is 105 cm³/mol. The van der Waals surface area contributed by atoms with Crippen LogP contribution in [0.2, 0.25) is 18.1 Å². The van der Waals surface area contributed by atoms with Crippen molar-refractivity contribution >= 4 is 24.5 Å². The average Bonchev–Trinajstić information content (AvgIpc) is 2.45. The number of benzene rings is 1. The molecule has 0 heterocycles. The monoisotopic (exact) mass is 372 g/mol. The second-order valence-corrected chi connectivity index (χ2v) is 15.6. The van der Waals surface area contributed by atoms with Gasteiger partial charge < -0.3 is 4.74 Å². The van der Waals surface area contributed by atoms with Crippen LogP contribution >= 0.6 is 0 Å². The summed E-state index contributed by atoms with van der Waals surface area (Å²) in [5.74, 6) is -0.390. The van der Waals surface area contributed by atoms with Crippen LogP contribution in [0.3, 0.4) is 0 Å². The normalized spacial score (nSPS) is 15.0. The van der Waals surface area contributed by atoms with Crippen molar-refractivity contribution in [1.82, 2.24) is 4.39 Å². The van der Waals surface area contributed by atoms with Crippen LogP contribution in [-0.4, -0.2) is 30.8 Å². The summed E-state index contributed by atoms with van der Waals surface area (Å²) in [7, 11) is -3.98. The van der Waals surface area contributed by atoms with Crippen LogP contribution in [0.25, 0.3) is 0 Å². The van der Waals surface area contributed by atoms with E-state index in [1.54, 1.807) is 0 Å². The van der Waals surface area contributed by atoms with Gasteiger partial charge in [0.15, 0.2) is 0 Å². The van der Waals surface area contributed by atoms with E-state index in [9.17, 15) is 9.00 Å². The van der Waals surface area contributed by atoms with Gasteiger partial charge in [-0.25, -0.2) is 0 Å². The number of nitrogens with one attached hydrogen (secondary N) is 1. The van der Waals surface area contributed by atoms with Crippen LogP contribution in [0.15, 0.2) is 30.3 Å². The molecule has 0 amide bonds. The zero-order valence-electron chi connectivity index (χ0n) is 15.6. The maximum absolute atomic E-state index is 13.3. The molecule has 1 aromatic carbocycles. The van der Waals surface area contributed by atoms with E-state index in [0.29, 0.717) is 6.42 Å². The number of hydrogen-bond donors (Lipinski definition) is 3. The van der Waals surface area contributed by atoms with E-state index in [-0.39, 0.29) is 11.5 Å². The molecule has 0 saturated carbocycles. The zero-order chi connectivity index (χ0) is 18.6. The molecule has 0 bridgehead atoms. The van der Waals surface area contributed by atoms with Crippen molar-refractivity contribution in [1.29, 1.82) is 0 Å². The minimum atomic E-state index is -3.24. The summed E-state index contributed by atoms with van der Waals surface area (Å²) >= 11 is 0. The van der Waals surface area contributed by atoms with Crippen molar-refractivity contribution in [2.75, 3.05) is 7.11 Å². The molecule has 0 fully saturated rings. The smallest absolute Gasteiger partial charge is 0.306 e. The van der Waals surface area contributed by atoms with E-state index >= 15 is 0 Å². The molecular weight excluding hydrogens is 340 g/mol. The van der Waals surface area contributed by atoms with Crippen molar-refractivity contribution < 1.29 is 13.7 Å². The van der Waals surface area contributed by atoms with Gasteiger partial charge in [0.05, 0.1) is 13.5 Å². The van der Waals surface area contributed by atoms with E-state index in [4.69, 9.17) is 9.88 Å². The quantitative estimate of drug-likeness (QED) is 0.391. The van der Waals surface area contributed by atoms with Gasteiger partial charge >= 0.3 is 5.97 Å². The van der Waals surface area contributed by atoms with Gasteiger partial charge in [-0.15, -0.1) is 0 Å². The van der Waals surface area contributed by atoms with Crippen LogP contribution in [0.5, 0.6) is 0 Å². The molecule has 1 unspecified atom stereocenters. The third-order valence-corrected chi connectivity index (χ3v) is 13.6. The lowest BCUT2D eigenvalue weighted by Crippen LogP contribution is -2.63. The number of carbonyl (C=O) groups is 1. The molecular formula is C17H32N2O3SSi. The first kappa shape index (κ1) is 21.0. The molecule has 138 valence electrons. The number of hydrogen-bond acceptors (Lipinski definition) is 3. The first-order chi connectivity index (χ1) is 10.9. The Balaban J connectivity index is 3.07. The fourth-order valence-electron chi connectivity index (χ4n) is 2.20. The first-order valence-electron chi connectivity index (χ1n) is 8.17. The summed E-state index contributed by atoms with van der Waals surface area (Å²) in [6, 6.07) is 9.68.